The number of rotatable bonds is 4. The van der Waals surface area contributed by atoms with E-state index in [1.54, 1.807) is 0 Å². The van der Waals surface area contributed by atoms with Gasteiger partial charge in [-0.2, -0.15) is 0 Å². The van der Waals surface area contributed by atoms with Crippen LogP contribution in [0.25, 0.3) is 0 Å². The second-order valence-electron chi connectivity index (χ2n) is 8.70. The van der Waals surface area contributed by atoms with Crippen molar-refractivity contribution < 1.29 is 4.79 Å². The third kappa shape index (κ3) is 3.07. The zero-order valence-corrected chi connectivity index (χ0v) is 14.8. The second-order valence-corrected chi connectivity index (χ2v) is 10.5. The van der Waals surface area contributed by atoms with E-state index in [1.165, 1.54) is 70.6 Å². The Morgan fingerprint density at radius 3 is 2.09 bits per heavy atom. The first-order chi connectivity index (χ1) is 10.6. The Labute approximate surface area is 139 Å². The molecule has 5 saturated carbocycles. The van der Waals surface area contributed by atoms with Gasteiger partial charge in [0.05, 0.1) is 5.25 Å². The number of carbonyl (C=O) groups is 1. The lowest BCUT2D eigenvalue weighted by Gasteiger charge is -2.57. The highest BCUT2D eigenvalue weighted by molar-refractivity contribution is 8.01. The summed E-state index contributed by atoms with van der Waals surface area (Å²) in [5, 5.41) is 3.48. The number of hydrogen-bond acceptors (Lipinski definition) is 2. The largest absolute Gasteiger partial charge is 0.352 e. The van der Waals surface area contributed by atoms with Crippen LogP contribution in [0.2, 0.25) is 0 Å². The van der Waals surface area contributed by atoms with Crippen LogP contribution in [0.4, 0.5) is 0 Å². The van der Waals surface area contributed by atoms with Crippen LogP contribution >= 0.6 is 11.8 Å². The summed E-state index contributed by atoms with van der Waals surface area (Å²) in [6, 6.07) is 0.459. The molecule has 0 aliphatic heterocycles. The van der Waals surface area contributed by atoms with E-state index in [0.29, 0.717) is 16.7 Å². The molecular formula is C19H31NOS. The van der Waals surface area contributed by atoms with Gasteiger partial charge in [0.25, 0.3) is 0 Å². The predicted molar refractivity (Wildman–Crippen MR) is 93.0 cm³/mol. The van der Waals surface area contributed by atoms with E-state index in [9.17, 15) is 4.79 Å². The van der Waals surface area contributed by atoms with Crippen LogP contribution in [-0.2, 0) is 4.79 Å². The monoisotopic (exact) mass is 321 g/mol. The lowest BCUT2D eigenvalue weighted by atomic mass is 9.56. The zero-order chi connectivity index (χ0) is 15.2. The highest BCUT2D eigenvalue weighted by Crippen LogP contribution is 2.61. The Kier molecular flexibility index (Phi) is 4.21. The van der Waals surface area contributed by atoms with E-state index >= 15 is 0 Å². The molecule has 5 aliphatic rings. The van der Waals surface area contributed by atoms with E-state index in [-0.39, 0.29) is 5.25 Å². The lowest BCUT2D eigenvalue weighted by molar-refractivity contribution is -0.121. The fraction of sp³-hybridized carbons (Fsp3) is 0.947. The highest BCUT2D eigenvalue weighted by atomic mass is 32.2. The summed E-state index contributed by atoms with van der Waals surface area (Å²) in [4.78, 5) is 12.6. The zero-order valence-electron chi connectivity index (χ0n) is 14.0. The van der Waals surface area contributed by atoms with E-state index in [0.717, 1.165) is 17.8 Å². The van der Waals surface area contributed by atoms with Crippen LogP contribution in [0.3, 0.4) is 0 Å². The smallest absolute Gasteiger partial charge is 0.233 e. The molecule has 5 fully saturated rings. The van der Waals surface area contributed by atoms with Gasteiger partial charge >= 0.3 is 0 Å². The van der Waals surface area contributed by atoms with Crippen molar-refractivity contribution in [3.8, 4) is 0 Å². The van der Waals surface area contributed by atoms with Gasteiger partial charge < -0.3 is 5.32 Å². The Morgan fingerprint density at radius 1 is 1.00 bits per heavy atom. The molecule has 4 bridgehead atoms. The van der Waals surface area contributed by atoms with Crippen LogP contribution in [0.5, 0.6) is 0 Å². The minimum Gasteiger partial charge on any atom is -0.352 e. The van der Waals surface area contributed by atoms with E-state index in [4.69, 9.17) is 0 Å². The summed E-state index contributed by atoms with van der Waals surface area (Å²) in [6.07, 6.45) is 15.0. The van der Waals surface area contributed by atoms with Gasteiger partial charge in [-0.25, -0.2) is 0 Å². The van der Waals surface area contributed by atoms with E-state index in [2.05, 4.69) is 12.2 Å². The van der Waals surface area contributed by atoms with Gasteiger partial charge in [-0.1, -0.05) is 19.3 Å². The standard InChI is InChI=1S/C19H31NOS/c1-13(18(21)20-17-5-3-2-4-6-17)22-19-10-14-7-15(11-19)9-16(8-14)12-19/h13-17H,2-12H2,1H3,(H,20,21)/t13-,14?,15?,16?,19?/m0/s1. The van der Waals surface area contributed by atoms with E-state index in [1.807, 2.05) is 11.8 Å². The Hall–Kier alpha value is -0.180. The van der Waals surface area contributed by atoms with Gasteiger partial charge in [0.2, 0.25) is 5.91 Å². The lowest BCUT2D eigenvalue weighted by Crippen LogP contribution is -2.50. The number of amides is 1. The van der Waals surface area contributed by atoms with Crippen LogP contribution in [0.15, 0.2) is 0 Å². The van der Waals surface area contributed by atoms with Crippen LogP contribution in [0, 0.1) is 17.8 Å². The molecule has 0 unspecified atom stereocenters. The number of carbonyl (C=O) groups excluding carboxylic acids is 1. The molecule has 22 heavy (non-hydrogen) atoms. The summed E-state index contributed by atoms with van der Waals surface area (Å²) in [5.74, 6) is 3.25. The molecule has 0 aromatic heterocycles. The Bertz CT molecular complexity index is 394. The third-order valence-electron chi connectivity index (χ3n) is 6.73. The Balaban J connectivity index is 1.35. The normalized spacial score (nSPS) is 42.3. The summed E-state index contributed by atoms with van der Waals surface area (Å²) in [6.45, 7) is 2.15. The van der Waals surface area contributed by atoms with Gasteiger partial charge in [-0.05, 0) is 76.0 Å². The second kappa shape index (κ2) is 6.03. The van der Waals surface area contributed by atoms with Gasteiger partial charge in [0.1, 0.15) is 0 Å². The molecule has 0 spiro atoms. The first-order valence-electron chi connectivity index (χ1n) is 9.60. The number of thioether (sulfide) groups is 1. The first kappa shape index (κ1) is 15.4. The molecule has 1 atom stereocenters. The first-order valence-corrected chi connectivity index (χ1v) is 10.5. The molecule has 5 aliphatic carbocycles. The van der Waals surface area contributed by atoms with Gasteiger partial charge in [-0.15, -0.1) is 11.8 Å². The van der Waals surface area contributed by atoms with Crippen LogP contribution in [-0.4, -0.2) is 21.9 Å². The summed E-state index contributed by atoms with van der Waals surface area (Å²) < 4.78 is 0.456. The predicted octanol–water partition coefficient (Wildman–Crippen LogP) is 4.53. The van der Waals surface area contributed by atoms with Crippen LogP contribution in [0.1, 0.15) is 77.6 Å². The number of hydrogen-bond donors (Lipinski definition) is 1. The molecule has 0 heterocycles. The van der Waals surface area contributed by atoms with Gasteiger partial charge in [0.15, 0.2) is 0 Å². The van der Waals surface area contributed by atoms with E-state index < -0.39 is 0 Å². The van der Waals surface area contributed by atoms with Crippen molar-refractivity contribution in [2.24, 2.45) is 17.8 Å². The van der Waals surface area contributed by atoms with Crippen molar-refractivity contribution >= 4 is 17.7 Å². The maximum Gasteiger partial charge on any atom is 0.233 e. The summed E-state index contributed by atoms with van der Waals surface area (Å²) in [5.41, 5.74) is 0. The average Bonchev–Trinajstić information content (AvgIpc) is 2.46. The quantitative estimate of drug-likeness (QED) is 0.824. The fourth-order valence-corrected chi connectivity index (χ4v) is 8.09. The van der Waals surface area contributed by atoms with Crippen molar-refractivity contribution in [1.82, 2.24) is 5.32 Å². The van der Waals surface area contributed by atoms with Crippen LogP contribution < -0.4 is 5.32 Å². The highest BCUT2D eigenvalue weighted by Gasteiger charge is 2.52. The topological polar surface area (TPSA) is 29.1 Å². The summed E-state index contributed by atoms with van der Waals surface area (Å²) in [7, 11) is 0. The number of nitrogens with one attached hydrogen (secondary N) is 1. The summed E-state index contributed by atoms with van der Waals surface area (Å²) >= 11 is 2.04. The average molecular weight is 322 g/mol. The SMILES string of the molecule is C[C@H](SC12CC3CC(CC(C3)C1)C2)C(=O)NC1CCCCC1. The maximum atomic E-state index is 12.6. The molecule has 2 nitrogen and oxygen atoms in total. The Morgan fingerprint density at radius 2 is 1.55 bits per heavy atom. The van der Waals surface area contributed by atoms with Crippen molar-refractivity contribution in [2.75, 3.05) is 0 Å². The molecule has 1 amide bonds. The fourth-order valence-electron chi connectivity index (χ4n) is 6.17. The molecule has 124 valence electrons. The molecule has 1 N–H and O–H groups in total. The molecule has 5 rings (SSSR count). The van der Waals surface area contributed by atoms with Gasteiger partial charge in [0, 0.05) is 10.8 Å². The minimum atomic E-state index is 0.137. The van der Waals surface area contributed by atoms with Crippen molar-refractivity contribution in [3.63, 3.8) is 0 Å². The molecule has 3 heteroatoms. The van der Waals surface area contributed by atoms with Gasteiger partial charge in [-0.3, -0.25) is 4.79 Å². The van der Waals surface area contributed by atoms with Crippen molar-refractivity contribution in [3.05, 3.63) is 0 Å². The van der Waals surface area contributed by atoms with Crippen molar-refractivity contribution in [1.29, 1.82) is 0 Å². The minimum absolute atomic E-state index is 0.137. The molecule has 0 aromatic rings. The molecular weight excluding hydrogens is 290 g/mol. The molecule has 0 radical (unpaired) electrons. The third-order valence-corrected chi connectivity index (χ3v) is 8.30. The molecule has 0 aromatic carbocycles. The van der Waals surface area contributed by atoms with Crippen molar-refractivity contribution in [2.45, 2.75) is 93.6 Å². The molecule has 0 saturated heterocycles. The maximum absolute atomic E-state index is 12.6.